The Labute approximate surface area is 187 Å². The topological polar surface area (TPSA) is 20.2 Å². The molecule has 0 saturated heterocycles. The summed E-state index contributed by atoms with van der Waals surface area (Å²) in [6, 6.07) is 0. The van der Waals surface area contributed by atoms with Crippen molar-refractivity contribution < 1.29 is 5.11 Å². The summed E-state index contributed by atoms with van der Waals surface area (Å²) in [5, 5.41) is 10.8. The molecule has 0 aromatic rings. The lowest BCUT2D eigenvalue weighted by Crippen LogP contribution is -2.56. The highest BCUT2D eigenvalue weighted by atomic mass is 16.3. The van der Waals surface area contributed by atoms with E-state index in [-0.39, 0.29) is 11.5 Å². The van der Waals surface area contributed by atoms with Crippen molar-refractivity contribution in [2.45, 2.75) is 119 Å². The van der Waals surface area contributed by atoms with Crippen LogP contribution in [0.15, 0.2) is 11.6 Å². The predicted octanol–water partition coefficient (Wildman–Crippen LogP) is 8.02. The summed E-state index contributed by atoms with van der Waals surface area (Å²) >= 11 is 0. The third-order valence-electron chi connectivity index (χ3n) is 11.2. The third-order valence-corrected chi connectivity index (χ3v) is 11.2. The van der Waals surface area contributed by atoms with Gasteiger partial charge in [0.15, 0.2) is 0 Å². The van der Waals surface area contributed by atoms with E-state index in [0.29, 0.717) is 16.7 Å². The maximum absolute atomic E-state index is 10.8. The molecule has 4 aliphatic carbocycles. The molecule has 0 amide bonds. The molecule has 0 aliphatic heterocycles. The number of aliphatic hydroxyl groups is 1. The van der Waals surface area contributed by atoms with Crippen LogP contribution < -0.4 is 0 Å². The largest absolute Gasteiger partial charge is 0.393 e. The van der Waals surface area contributed by atoms with E-state index in [1.54, 1.807) is 0 Å². The Hall–Kier alpha value is -0.300. The summed E-state index contributed by atoms with van der Waals surface area (Å²) in [4.78, 5) is 0. The molecule has 3 fully saturated rings. The fourth-order valence-electron chi connectivity index (χ4n) is 9.33. The summed E-state index contributed by atoms with van der Waals surface area (Å²) < 4.78 is 0. The van der Waals surface area contributed by atoms with Gasteiger partial charge in [-0.25, -0.2) is 0 Å². The van der Waals surface area contributed by atoms with Gasteiger partial charge in [0.25, 0.3) is 0 Å². The summed E-state index contributed by atoms with van der Waals surface area (Å²) in [5.74, 6) is 4.90. The van der Waals surface area contributed by atoms with Crippen molar-refractivity contribution in [2.75, 3.05) is 0 Å². The highest BCUT2D eigenvalue weighted by Gasteiger charge is 2.61. The first kappa shape index (κ1) is 22.9. The van der Waals surface area contributed by atoms with Crippen LogP contribution in [0.3, 0.4) is 0 Å². The molecule has 0 heterocycles. The number of hydrogen-bond acceptors (Lipinski definition) is 1. The second-order valence-corrected chi connectivity index (χ2v) is 13.5. The van der Waals surface area contributed by atoms with Gasteiger partial charge in [-0.3, -0.25) is 0 Å². The molecule has 4 aliphatic rings. The van der Waals surface area contributed by atoms with Crippen LogP contribution in [0, 0.1) is 51.8 Å². The van der Waals surface area contributed by atoms with E-state index in [9.17, 15) is 5.11 Å². The molecule has 0 aromatic carbocycles. The Bertz CT molecular complexity index is 659. The Morgan fingerprint density at radius 2 is 1.57 bits per heavy atom. The van der Waals surface area contributed by atoms with Crippen LogP contribution >= 0.6 is 0 Å². The Kier molecular flexibility index (Phi) is 6.05. The van der Waals surface area contributed by atoms with Crippen LogP contribution in [0.1, 0.15) is 113 Å². The van der Waals surface area contributed by atoms with Crippen LogP contribution in [0.25, 0.3) is 0 Å². The fourth-order valence-corrected chi connectivity index (χ4v) is 9.33. The number of rotatable bonds is 5. The molecule has 1 nitrogen and oxygen atoms in total. The van der Waals surface area contributed by atoms with Crippen LogP contribution in [-0.4, -0.2) is 11.2 Å². The Morgan fingerprint density at radius 3 is 2.27 bits per heavy atom. The quantitative estimate of drug-likeness (QED) is 0.451. The van der Waals surface area contributed by atoms with E-state index in [1.165, 1.54) is 57.8 Å². The van der Waals surface area contributed by atoms with Gasteiger partial charge in [-0.2, -0.15) is 0 Å². The molecule has 1 N–H and O–H groups in total. The highest BCUT2D eigenvalue weighted by Crippen LogP contribution is 2.68. The average molecular weight is 415 g/mol. The molecule has 3 saturated carbocycles. The number of allylic oxidation sites excluding steroid dienone is 2. The van der Waals surface area contributed by atoms with Crippen LogP contribution in [-0.2, 0) is 0 Å². The van der Waals surface area contributed by atoms with E-state index in [2.05, 4.69) is 54.5 Å². The average Bonchev–Trinajstić information content (AvgIpc) is 3.02. The molecular weight excluding hydrogens is 364 g/mol. The zero-order valence-electron chi connectivity index (χ0n) is 21.1. The van der Waals surface area contributed by atoms with Gasteiger partial charge in [0, 0.05) is 0 Å². The monoisotopic (exact) mass is 414 g/mol. The maximum Gasteiger partial charge on any atom is 0.0594 e. The lowest BCUT2D eigenvalue weighted by molar-refractivity contribution is -0.125. The Balaban J connectivity index is 1.54. The van der Waals surface area contributed by atoms with Crippen LogP contribution in [0.4, 0.5) is 0 Å². The van der Waals surface area contributed by atoms with Gasteiger partial charge in [0.05, 0.1) is 6.10 Å². The molecule has 0 radical (unpaired) electrons. The summed E-state index contributed by atoms with van der Waals surface area (Å²) in [6.45, 7) is 17.3. The molecule has 30 heavy (non-hydrogen) atoms. The first-order chi connectivity index (χ1) is 14.0. The molecule has 0 bridgehead atoms. The first-order valence-corrected chi connectivity index (χ1v) is 13.4. The zero-order chi connectivity index (χ0) is 21.9. The van der Waals surface area contributed by atoms with Gasteiger partial charge in [0.2, 0.25) is 0 Å². The summed E-state index contributed by atoms with van der Waals surface area (Å²) in [6.07, 6.45) is 16.0. The van der Waals surface area contributed by atoms with Gasteiger partial charge in [-0.15, -0.1) is 0 Å². The van der Waals surface area contributed by atoms with Gasteiger partial charge < -0.3 is 5.11 Å². The van der Waals surface area contributed by atoms with Gasteiger partial charge in [-0.05, 0) is 96.7 Å². The standard InChI is InChI=1S/C29H50O/c1-19(2)9-8-10-20(3)22-12-13-23-21-11-14-25-27(4,5)26(30)16-18-29(25,7)24(21)15-17-28(22,23)6/h11,19-20,22-26,30H,8-10,12-18H2,1-7H3/t20?,22-,23+,24+,25?,26+,28-,29-/m1/s1. The zero-order valence-corrected chi connectivity index (χ0v) is 21.1. The summed E-state index contributed by atoms with van der Waals surface area (Å²) in [7, 11) is 0. The van der Waals surface area contributed by atoms with Crippen molar-refractivity contribution in [2.24, 2.45) is 51.8 Å². The van der Waals surface area contributed by atoms with Crippen LogP contribution in [0.5, 0.6) is 0 Å². The first-order valence-electron chi connectivity index (χ1n) is 13.4. The normalized spacial score (nSPS) is 46.0. The van der Waals surface area contributed by atoms with Crippen molar-refractivity contribution in [3.05, 3.63) is 11.6 Å². The van der Waals surface area contributed by atoms with Crippen LogP contribution in [0.2, 0.25) is 0 Å². The van der Waals surface area contributed by atoms with Crippen molar-refractivity contribution in [1.29, 1.82) is 0 Å². The number of fused-ring (bicyclic) bond motifs is 5. The van der Waals surface area contributed by atoms with Crippen molar-refractivity contribution >= 4 is 0 Å². The fraction of sp³-hybridized carbons (Fsp3) is 0.931. The second-order valence-electron chi connectivity index (χ2n) is 13.5. The van der Waals surface area contributed by atoms with Gasteiger partial charge in [0.1, 0.15) is 0 Å². The van der Waals surface area contributed by atoms with E-state index >= 15 is 0 Å². The lowest BCUT2D eigenvalue weighted by atomic mass is 9.43. The lowest BCUT2D eigenvalue weighted by Gasteiger charge is -2.62. The molecule has 0 spiro atoms. The second kappa shape index (κ2) is 7.93. The Morgan fingerprint density at radius 1 is 0.900 bits per heavy atom. The predicted molar refractivity (Wildman–Crippen MR) is 128 cm³/mol. The van der Waals surface area contributed by atoms with E-state index in [1.807, 2.05) is 5.57 Å². The molecule has 172 valence electrons. The molecular formula is C29H50O. The van der Waals surface area contributed by atoms with E-state index in [0.717, 1.165) is 36.0 Å². The van der Waals surface area contributed by atoms with E-state index < -0.39 is 0 Å². The van der Waals surface area contributed by atoms with E-state index in [4.69, 9.17) is 0 Å². The molecule has 8 atom stereocenters. The third kappa shape index (κ3) is 3.45. The highest BCUT2D eigenvalue weighted by molar-refractivity contribution is 5.28. The molecule has 1 heteroatoms. The van der Waals surface area contributed by atoms with Gasteiger partial charge in [-0.1, -0.05) is 79.4 Å². The number of aliphatic hydroxyl groups excluding tert-OH is 1. The molecule has 0 aromatic heterocycles. The smallest absolute Gasteiger partial charge is 0.0594 e. The summed E-state index contributed by atoms with van der Waals surface area (Å²) in [5.41, 5.74) is 2.85. The van der Waals surface area contributed by atoms with Gasteiger partial charge >= 0.3 is 0 Å². The van der Waals surface area contributed by atoms with Crippen molar-refractivity contribution in [1.82, 2.24) is 0 Å². The molecule has 4 rings (SSSR count). The maximum atomic E-state index is 10.8. The van der Waals surface area contributed by atoms with Crippen molar-refractivity contribution in [3.63, 3.8) is 0 Å². The SMILES string of the molecule is CC(C)CCCC(C)[C@H]1CC[C@H]2C3=CCC4C(C)(C)[C@@H](O)CC[C@]4(C)[C@H]3CC[C@]12C. The minimum absolute atomic E-state index is 0.0545. The molecule has 2 unspecified atom stereocenters. The number of hydrogen-bond donors (Lipinski definition) is 1. The minimum atomic E-state index is -0.123. The van der Waals surface area contributed by atoms with Crippen molar-refractivity contribution in [3.8, 4) is 0 Å². The minimum Gasteiger partial charge on any atom is -0.393 e.